The van der Waals surface area contributed by atoms with Crippen LogP contribution in [0.4, 0.5) is 17.1 Å². The lowest BCUT2D eigenvalue weighted by Gasteiger charge is -2.30. The molecule has 70 heavy (non-hydrogen) atoms. The third-order valence-corrected chi connectivity index (χ3v) is 15.2. The van der Waals surface area contributed by atoms with Crippen LogP contribution in [0.2, 0.25) is 0 Å². The molecule has 3 nitrogen and oxygen atoms in total. The number of fused-ring (bicyclic) bond motifs is 16. The topological polar surface area (TPSA) is 21.3 Å². The Bertz CT molecular complexity index is 4200. The van der Waals surface area contributed by atoms with Crippen LogP contribution in [0.5, 0.6) is 0 Å². The van der Waals surface area contributed by atoms with Gasteiger partial charge in [-0.25, -0.2) is 0 Å². The molecule has 2 aromatic heterocycles. The molecule has 0 aliphatic heterocycles. The van der Waals surface area contributed by atoms with Crippen molar-refractivity contribution in [2.24, 2.45) is 0 Å². The Labute approximate surface area is 405 Å². The molecule has 326 valence electrons. The van der Waals surface area contributed by atoms with Crippen molar-refractivity contribution in [3.63, 3.8) is 0 Å². The van der Waals surface area contributed by atoms with E-state index in [-0.39, 0.29) is 0 Å². The highest BCUT2D eigenvalue weighted by Crippen LogP contribution is 2.64. The van der Waals surface area contributed by atoms with Crippen molar-refractivity contribution in [2.45, 2.75) is 5.41 Å². The molecule has 0 fully saturated rings. The first-order chi connectivity index (χ1) is 34.8. The van der Waals surface area contributed by atoms with Crippen molar-refractivity contribution >= 4 is 60.8 Å². The number of aromatic nitrogens is 1. The standard InChI is InChI=1S/C67H42N2O/c1-2-18-44(19-3-1)69-60-32-14-9-26-55(60)66-61(33-17-34-62(66)69)68(46-40-41-52-51-24-10-15-35-63(51)70-64(52)42-46)45-38-36-43(37-39-45)47-20-4-5-21-48(47)53-27-16-31-59-65(53)54-25-8-13-30-58(54)67(59)56-28-11-6-22-49(56)50-23-7-12-29-57(50)67/h1-42H. The van der Waals surface area contributed by atoms with Gasteiger partial charge in [0.05, 0.1) is 22.1 Å². The summed E-state index contributed by atoms with van der Waals surface area (Å²) < 4.78 is 8.94. The maximum absolute atomic E-state index is 6.56. The molecule has 0 saturated heterocycles. The van der Waals surface area contributed by atoms with Crippen molar-refractivity contribution in [1.82, 2.24) is 4.57 Å². The van der Waals surface area contributed by atoms with E-state index in [2.05, 4.69) is 258 Å². The second-order valence-electron chi connectivity index (χ2n) is 18.7. The molecule has 0 N–H and O–H groups in total. The molecule has 0 atom stereocenters. The number of anilines is 3. The first kappa shape index (κ1) is 38.9. The van der Waals surface area contributed by atoms with E-state index in [4.69, 9.17) is 4.42 Å². The molecule has 2 aliphatic rings. The van der Waals surface area contributed by atoms with Crippen LogP contribution in [-0.4, -0.2) is 4.57 Å². The largest absolute Gasteiger partial charge is 0.456 e. The Kier molecular flexibility index (Phi) is 8.28. The first-order valence-electron chi connectivity index (χ1n) is 24.2. The van der Waals surface area contributed by atoms with Gasteiger partial charge in [-0.15, -0.1) is 0 Å². The van der Waals surface area contributed by atoms with Gasteiger partial charge < -0.3 is 13.9 Å². The predicted molar refractivity (Wildman–Crippen MR) is 290 cm³/mol. The lowest BCUT2D eigenvalue weighted by Crippen LogP contribution is -2.25. The zero-order chi connectivity index (χ0) is 45.9. The SMILES string of the molecule is c1ccc(-n2c3ccccc3c3c(N(c4ccc(-c5ccccc5-c5cccc6c5-c5ccccc5C65c6ccccc6-c6ccccc65)cc4)c4ccc5c(c4)oc4ccccc45)cccc32)cc1. The van der Waals surface area contributed by atoms with Crippen LogP contribution >= 0.6 is 0 Å². The molecule has 3 heteroatoms. The van der Waals surface area contributed by atoms with Gasteiger partial charge in [0.15, 0.2) is 0 Å². The van der Waals surface area contributed by atoms with Gasteiger partial charge in [-0.3, -0.25) is 0 Å². The van der Waals surface area contributed by atoms with Crippen molar-refractivity contribution in [1.29, 1.82) is 0 Å². The summed E-state index contributed by atoms with van der Waals surface area (Å²) in [6, 6.07) is 93.4. The summed E-state index contributed by atoms with van der Waals surface area (Å²) in [6.45, 7) is 0. The lowest BCUT2D eigenvalue weighted by atomic mass is 9.70. The van der Waals surface area contributed by atoms with Crippen LogP contribution < -0.4 is 4.90 Å². The van der Waals surface area contributed by atoms with E-state index in [1.165, 1.54) is 72.0 Å². The van der Waals surface area contributed by atoms with Gasteiger partial charge in [0.2, 0.25) is 0 Å². The molecule has 2 heterocycles. The van der Waals surface area contributed by atoms with Crippen molar-refractivity contribution in [3.05, 3.63) is 277 Å². The highest BCUT2D eigenvalue weighted by molar-refractivity contribution is 6.17. The summed E-state index contributed by atoms with van der Waals surface area (Å²) in [5.41, 5.74) is 23.4. The van der Waals surface area contributed by atoms with Gasteiger partial charge in [0.1, 0.15) is 11.2 Å². The van der Waals surface area contributed by atoms with E-state index in [9.17, 15) is 0 Å². The third kappa shape index (κ3) is 5.34. The Morgan fingerprint density at radius 1 is 0.343 bits per heavy atom. The number of furan rings is 1. The minimum Gasteiger partial charge on any atom is -0.456 e. The van der Waals surface area contributed by atoms with E-state index in [1.54, 1.807) is 0 Å². The molecule has 0 amide bonds. The minimum atomic E-state index is -0.406. The molecule has 0 saturated carbocycles. The summed E-state index contributed by atoms with van der Waals surface area (Å²) in [5.74, 6) is 0. The van der Waals surface area contributed by atoms with Gasteiger partial charge in [0.25, 0.3) is 0 Å². The Morgan fingerprint density at radius 2 is 0.886 bits per heavy atom. The summed E-state index contributed by atoms with van der Waals surface area (Å²) in [4.78, 5) is 2.41. The highest BCUT2D eigenvalue weighted by atomic mass is 16.3. The van der Waals surface area contributed by atoms with Crippen LogP contribution in [0.15, 0.2) is 259 Å². The van der Waals surface area contributed by atoms with Crippen molar-refractivity contribution in [2.75, 3.05) is 4.90 Å². The van der Waals surface area contributed by atoms with Gasteiger partial charge in [-0.2, -0.15) is 0 Å². The summed E-state index contributed by atoms with van der Waals surface area (Å²) in [6.07, 6.45) is 0. The first-order valence-corrected chi connectivity index (χ1v) is 24.2. The fourth-order valence-electron chi connectivity index (χ4n) is 12.5. The molecule has 11 aromatic carbocycles. The molecule has 0 radical (unpaired) electrons. The number of para-hydroxylation sites is 3. The van der Waals surface area contributed by atoms with Crippen LogP contribution in [0.25, 0.3) is 93.9 Å². The summed E-state index contributed by atoms with van der Waals surface area (Å²) in [7, 11) is 0. The number of hydrogen-bond acceptors (Lipinski definition) is 2. The van der Waals surface area contributed by atoms with Gasteiger partial charge in [-0.05, 0) is 127 Å². The second-order valence-corrected chi connectivity index (χ2v) is 18.7. The number of hydrogen-bond donors (Lipinski definition) is 0. The Hall–Kier alpha value is -9.18. The average Bonchev–Trinajstić information content (AvgIpc) is 4.15. The molecule has 0 unspecified atom stereocenters. The second kappa shape index (κ2) is 14.9. The molecular formula is C67H42N2O. The minimum absolute atomic E-state index is 0.406. The normalized spacial score (nSPS) is 13.0. The van der Waals surface area contributed by atoms with E-state index < -0.39 is 5.41 Å². The lowest BCUT2D eigenvalue weighted by molar-refractivity contribution is 0.669. The van der Waals surface area contributed by atoms with Crippen molar-refractivity contribution < 1.29 is 4.42 Å². The smallest absolute Gasteiger partial charge is 0.137 e. The van der Waals surface area contributed by atoms with E-state index in [0.717, 1.165) is 61.3 Å². The fraction of sp³-hybridized carbons (Fsp3) is 0.0149. The third-order valence-electron chi connectivity index (χ3n) is 15.2. The zero-order valence-corrected chi connectivity index (χ0v) is 38.1. The molecule has 1 spiro atoms. The van der Waals surface area contributed by atoms with Crippen LogP contribution in [0.1, 0.15) is 22.3 Å². The Balaban J connectivity index is 0.913. The van der Waals surface area contributed by atoms with Gasteiger partial charge in [-0.1, -0.05) is 188 Å². The number of rotatable bonds is 6. The summed E-state index contributed by atoms with van der Waals surface area (Å²) in [5, 5.41) is 4.60. The van der Waals surface area contributed by atoms with E-state index in [0.29, 0.717) is 0 Å². The van der Waals surface area contributed by atoms with Crippen LogP contribution in [0, 0.1) is 0 Å². The summed E-state index contributed by atoms with van der Waals surface area (Å²) >= 11 is 0. The van der Waals surface area contributed by atoms with Crippen LogP contribution in [-0.2, 0) is 5.41 Å². The number of nitrogens with zero attached hydrogens (tertiary/aromatic N) is 2. The molecule has 15 rings (SSSR count). The van der Waals surface area contributed by atoms with E-state index in [1.807, 2.05) is 6.07 Å². The van der Waals surface area contributed by atoms with E-state index >= 15 is 0 Å². The fourth-order valence-corrected chi connectivity index (χ4v) is 12.5. The average molecular weight is 891 g/mol. The highest BCUT2D eigenvalue weighted by Gasteiger charge is 2.52. The molecule has 2 aliphatic carbocycles. The monoisotopic (exact) mass is 890 g/mol. The maximum Gasteiger partial charge on any atom is 0.137 e. The zero-order valence-electron chi connectivity index (χ0n) is 38.1. The molecule has 13 aromatic rings. The molecular weight excluding hydrogens is 849 g/mol. The van der Waals surface area contributed by atoms with Gasteiger partial charge >= 0.3 is 0 Å². The number of benzene rings is 11. The van der Waals surface area contributed by atoms with Crippen LogP contribution in [0.3, 0.4) is 0 Å². The maximum atomic E-state index is 6.56. The van der Waals surface area contributed by atoms with Gasteiger partial charge in [0, 0.05) is 44.7 Å². The quantitative estimate of drug-likeness (QED) is 0.166. The predicted octanol–water partition coefficient (Wildman–Crippen LogP) is 17.8. The molecule has 0 bridgehead atoms. The van der Waals surface area contributed by atoms with Crippen molar-refractivity contribution in [3.8, 4) is 50.2 Å². The Morgan fingerprint density at radius 3 is 1.66 bits per heavy atom.